The van der Waals surface area contributed by atoms with Crippen molar-refractivity contribution in [2.75, 3.05) is 7.11 Å². The standard InChI is InChI=1S/C26H21Cl2F3N2O2S/c1-15-8-17(6-7-22(15)24(34)32-14-16-4-3-5-21(9-16)35-2)23-13-25(36-33-23,26(29,30)31)18-10-19(27)12-20(28)11-18/h3-12H,13-14H2,1-2H3,(H,32,34). The summed E-state index contributed by atoms with van der Waals surface area (Å²) in [5, 5.41) is 3.10. The van der Waals surface area contributed by atoms with Crippen LogP contribution in [0.4, 0.5) is 13.2 Å². The highest BCUT2D eigenvalue weighted by Crippen LogP contribution is 2.57. The summed E-state index contributed by atoms with van der Waals surface area (Å²) in [6, 6.07) is 16.2. The number of hydrogen-bond acceptors (Lipinski definition) is 4. The second-order valence-corrected chi connectivity index (χ2v) is 10.3. The number of rotatable bonds is 6. The van der Waals surface area contributed by atoms with Gasteiger partial charge in [0.05, 0.1) is 12.8 Å². The number of ether oxygens (including phenoxy) is 1. The van der Waals surface area contributed by atoms with E-state index in [0.717, 1.165) is 5.56 Å². The Bertz CT molecular complexity index is 1330. The molecule has 0 saturated heterocycles. The first-order valence-electron chi connectivity index (χ1n) is 10.8. The third kappa shape index (κ3) is 5.36. The first kappa shape index (κ1) is 26.4. The van der Waals surface area contributed by atoms with Gasteiger partial charge < -0.3 is 10.1 Å². The lowest BCUT2D eigenvalue weighted by atomic mass is 9.89. The number of hydrogen-bond donors (Lipinski definition) is 1. The molecule has 0 saturated carbocycles. The van der Waals surface area contributed by atoms with E-state index in [1.165, 1.54) is 18.2 Å². The molecule has 1 heterocycles. The van der Waals surface area contributed by atoms with Crippen LogP contribution in [0.25, 0.3) is 0 Å². The highest BCUT2D eigenvalue weighted by molar-refractivity contribution is 7.99. The number of amides is 1. The van der Waals surface area contributed by atoms with Crippen molar-refractivity contribution < 1.29 is 22.7 Å². The molecule has 1 aliphatic heterocycles. The zero-order valence-electron chi connectivity index (χ0n) is 19.2. The maximum atomic E-state index is 14.3. The summed E-state index contributed by atoms with van der Waals surface area (Å²) >= 11 is 12.4. The quantitative estimate of drug-likeness (QED) is 0.321. The summed E-state index contributed by atoms with van der Waals surface area (Å²) in [5.41, 5.74) is 2.67. The molecule has 1 atom stereocenters. The lowest BCUT2D eigenvalue weighted by molar-refractivity contribution is -0.159. The van der Waals surface area contributed by atoms with Crippen molar-refractivity contribution in [3.63, 3.8) is 0 Å². The van der Waals surface area contributed by atoms with Gasteiger partial charge in [0.2, 0.25) is 0 Å². The molecule has 188 valence electrons. The fourth-order valence-corrected chi connectivity index (χ4v) is 5.49. The van der Waals surface area contributed by atoms with Gasteiger partial charge in [-0.1, -0.05) is 41.4 Å². The summed E-state index contributed by atoms with van der Waals surface area (Å²) < 4.78 is 50.1. The van der Waals surface area contributed by atoms with Gasteiger partial charge in [-0.15, -0.1) is 0 Å². The van der Waals surface area contributed by atoms with Gasteiger partial charge in [0, 0.05) is 28.6 Å². The van der Waals surface area contributed by atoms with Crippen molar-refractivity contribution in [3.05, 3.63) is 98.5 Å². The molecule has 0 fully saturated rings. The number of nitrogens with one attached hydrogen (secondary N) is 1. The van der Waals surface area contributed by atoms with Crippen LogP contribution in [-0.2, 0) is 11.3 Å². The zero-order valence-corrected chi connectivity index (χ0v) is 21.6. The highest BCUT2D eigenvalue weighted by Gasteiger charge is 2.60. The summed E-state index contributed by atoms with van der Waals surface area (Å²) in [6.45, 7) is 2.04. The average Bonchev–Trinajstić information content (AvgIpc) is 3.29. The van der Waals surface area contributed by atoms with Gasteiger partial charge in [-0.25, -0.2) is 4.40 Å². The van der Waals surface area contributed by atoms with Crippen LogP contribution in [0.1, 0.15) is 39.0 Å². The Morgan fingerprint density at radius 2 is 1.83 bits per heavy atom. The third-order valence-corrected chi connectivity index (χ3v) is 7.58. The normalized spacial score (nSPS) is 17.6. The molecule has 0 aromatic heterocycles. The van der Waals surface area contributed by atoms with E-state index >= 15 is 0 Å². The fourth-order valence-electron chi connectivity index (χ4n) is 4.00. The Morgan fingerprint density at radius 1 is 1.11 bits per heavy atom. The molecule has 1 unspecified atom stereocenters. The lowest BCUT2D eigenvalue weighted by Crippen LogP contribution is -2.38. The lowest BCUT2D eigenvalue weighted by Gasteiger charge is -2.30. The highest BCUT2D eigenvalue weighted by atomic mass is 35.5. The molecular formula is C26H21Cl2F3N2O2S. The molecule has 3 aromatic rings. The van der Waals surface area contributed by atoms with Crippen molar-refractivity contribution in [3.8, 4) is 5.75 Å². The van der Waals surface area contributed by atoms with Crippen LogP contribution in [0.3, 0.4) is 0 Å². The van der Waals surface area contributed by atoms with Crippen LogP contribution in [0, 0.1) is 6.92 Å². The molecular weight excluding hydrogens is 532 g/mol. The number of nitrogens with zero attached hydrogens (tertiary/aromatic N) is 1. The average molecular weight is 553 g/mol. The number of methoxy groups -OCH3 is 1. The van der Waals surface area contributed by atoms with Gasteiger partial charge >= 0.3 is 6.18 Å². The van der Waals surface area contributed by atoms with E-state index in [1.807, 2.05) is 24.3 Å². The Morgan fingerprint density at radius 3 is 2.47 bits per heavy atom. The molecule has 10 heteroatoms. The number of carbonyl (C=O) groups excluding carboxylic acids is 1. The van der Waals surface area contributed by atoms with Crippen LogP contribution < -0.4 is 10.1 Å². The minimum Gasteiger partial charge on any atom is -0.497 e. The third-order valence-electron chi connectivity index (χ3n) is 5.91. The number of benzene rings is 3. The predicted molar refractivity (Wildman–Crippen MR) is 138 cm³/mol. The van der Waals surface area contributed by atoms with E-state index < -0.39 is 17.3 Å². The van der Waals surface area contributed by atoms with E-state index in [0.29, 0.717) is 40.9 Å². The molecule has 1 N–H and O–H groups in total. The first-order valence-corrected chi connectivity index (χ1v) is 12.4. The van der Waals surface area contributed by atoms with Gasteiger partial charge in [0.1, 0.15) is 5.75 Å². The number of alkyl halides is 3. The fraction of sp³-hybridized carbons (Fsp3) is 0.231. The minimum atomic E-state index is -4.61. The molecule has 36 heavy (non-hydrogen) atoms. The second kappa shape index (κ2) is 10.4. The summed E-state index contributed by atoms with van der Waals surface area (Å²) in [5.74, 6) is 0.398. The van der Waals surface area contributed by atoms with Crippen LogP contribution in [-0.4, -0.2) is 24.9 Å². The van der Waals surface area contributed by atoms with E-state index in [2.05, 4.69) is 9.71 Å². The van der Waals surface area contributed by atoms with Gasteiger partial charge in [-0.05, 0) is 83.6 Å². The predicted octanol–water partition coefficient (Wildman–Crippen LogP) is 7.54. The molecule has 4 rings (SSSR count). The molecule has 0 spiro atoms. The molecule has 3 aromatic carbocycles. The SMILES string of the molecule is COc1cccc(CNC(=O)c2ccc(C3=NSC(c4cc(Cl)cc(Cl)c4)(C(F)(F)F)C3)cc2C)c1. The molecule has 0 radical (unpaired) electrons. The summed E-state index contributed by atoms with van der Waals surface area (Å²) in [6.07, 6.45) is -5.00. The van der Waals surface area contributed by atoms with Gasteiger partial charge in [0.15, 0.2) is 4.75 Å². The molecule has 0 aliphatic carbocycles. The first-order chi connectivity index (χ1) is 17.0. The van der Waals surface area contributed by atoms with Crippen molar-refractivity contribution >= 4 is 46.8 Å². The van der Waals surface area contributed by atoms with E-state index in [-0.39, 0.29) is 27.2 Å². The van der Waals surface area contributed by atoms with Gasteiger partial charge in [-0.3, -0.25) is 4.79 Å². The Balaban J connectivity index is 1.53. The number of aryl methyl sites for hydroxylation is 1. The van der Waals surface area contributed by atoms with Crippen molar-refractivity contribution in [1.82, 2.24) is 5.32 Å². The number of halogens is 5. The van der Waals surface area contributed by atoms with Gasteiger partial charge in [0.25, 0.3) is 5.91 Å². The maximum absolute atomic E-state index is 14.3. The molecule has 1 amide bonds. The van der Waals surface area contributed by atoms with E-state index in [1.54, 1.807) is 32.2 Å². The molecule has 4 nitrogen and oxygen atoms in total. The monoisotopic (exact) mass is 552 g/mol. The van der Waals surface area contributed by atoms with Crippen LogP contribution >= 0.6 is 35.1 Å². The Hall–Kier alpha value is -2.68. The molecule has 1 aliphatic rings. The molecule has 0 bridgehead atoms. The largest absolute Gasteiger partial charge is 0.497 e. The Kier molecular flexibility index (Phi) is 7.59. The minimum absolute atomic E-state index is 0.0542. The maximum Gasteiger partial charge on any atom is 0.409 e. The van der Waals surface area contributed by atoms with Crippen molar-refractivity contribution in [2.24, 2.45) is 4.40 Å². The van der Waals surface area contributed by atoms with E-state index in [4.69, 9.17) is 27.9 Å². The zero-order chi connectivity index (χ0) is 26.1. The van der Waals surface area contributed by atoms with Crippen LogP contribution in [0.15, 0.2) is 65.1 Å². The van der Waals surface area contributed by atoms with Gasteiger partial charge in [-0.2, -0.15) is 13.2 Å². The van der Waals surface area contributed by atoms with Crippen LogP contribution in [0.2, 0.25) is 10.0 Å². The van der Waals surface area contributed by atoms with Crippen LogP contribution in [0.5, 0.6) is 5.75 Å². The second-order valence-electron chi connectivity index (χ2n) is 8.35. The summed E-state index contributed by atoms with van der Waals surface area (Å²) in [7, 11) is 1.57. The smallest absolute Gasteiger partial charge is 0.409 e. The topological polar surface area (TPSA) is 50.7 Å². The number of carbonyl (C=O) groups is 1. The van der Waals surface area contributed by atoms with E-state index in [9.17, 15) is 18.0 Å². The Labute approximate surface area is 221 Å². The summed E-state index contributed by atoms with van der Waals surface area (Å²) in [4.78, 5) is 12.8. The van der Waals surface area contributed by atoms with Crippen molar-refractivity contribution in [1.29, 1.82) is 0 Å². The van der Waals surface area contributed by atoms with Crippen molar-refractivity contribution in [2.45, 2.75) is 30.8 Å².